The van der Waals surface area contributed by atoms with Crippen molar-refractivity contribution in [3.8, 4) is 16.9 Å². The lowest BCUT2D eigenvalue weighted by atomic mass is 9.98. The molecule has 3 heterocycles. The quantitative estimate of drug-likeness (QED) is 0.165. The van der Waals surface area contributed by atoms with Crippen LogP contribution in [0.1, 0.15) is 11.1 Å². The molecule has 0 saturated carbocycles. The first kappa shape index (κ1) is 35.6. The van der Waals surface area contributed by atoms with Gasteiger partial charge >= 0.3 is 0 Å². The van der Waals surface area contributed by atoms with Crippen molar-refractivity contribution in [2.45, 2.75) is 6.42 Å². The van der Waals surface area contributed by atoms with E-state index in [1.165, 1.54) is 59.0 Å². The minimum absolute atomic E-state index is 0.774. The van der Waals surface area contributed by atoms with Crippen LogP contribution in [0.3, 0.4) is 0 Å². The first-order valence-electron chi connectivity index (χ1n) is 18.5. The van der Waals surface area contributed by atoms with Crippen LogP contribution < -0.4 is 0 Å². The molecule has 1 aliphatic carbocycles. The van der Waals surface area contributed by atoms with Gasteiger partial charge in [0.25, 0.3) is 0 Å². The summed E-state index contributed by atoms with van der Waals surface area (Å²) in [5.74, 6) is 0.826. The average Bonchev–Trinajstić information content (AvgIpc) is 3.79. The minimum atomic E-state index is 0.774. The van der Waals surface area contributed by atoms with Gasteiger partial charge in [-0.05, 0) is 121 Å². The zero-order valence-electron chi connectivity index (χ0n) is 30.2. The number of nitrogens with zero attached hydrogens (tertiary/aromatic N) is 5. The Labute approximate surface area is 353 Å². The van der Waals surface area contributed by atoms with Crippen molar-refractivity contribution in [1.82, 2.24) is 25.0 Å². The highest BCUT2D eigenvalue weighted by Gasteiger charge is 2.21. The molecule has 0 radical (unpaired) electrons. The molecule has 12 rings (SSSR count). The lowest BCUT2D eigenvalue weighted by Crippen LogP contribution is -1.99. The van der Waals surface area contributed by atoms with Gasteiger partial charge in [-0.1, -0.05) is 147 Å². The van der Waals surface area contributed by atoms with E-state index in [1.54, 1.807) is 0 Å². The summed E-state index contributed by atoms with van der Waals surface area (Å²) < 4.78 is 5.19. The Bertz CT molecular complexity index is 3340. The highest BCUT2D eigenvalue weighted by Crippen LogP contribution is 2.42. The molecule has 0 bridgehead atoms. The molecule has 3 aromatic heterocycles. The fourth-order valence-corrected chi connectivity index (χ4v) is 9.07. The standard InChI is InChI=1S/C24H14BrN3.C17H11Br.C8H5BrN2/c25-17-10-11-19-22(14-17)28(23-13-16-6-2-4-8-20(16)26-27-23)21-12-9-15-5-1-3-7-18(15)24(19)21;18-14-7-8-16-13(10-14)9-12-6-5-11-3-1-2-4-15(11)17(12)16;9-8-5-6-3-1-2-4-7(6)10-11-8/h1-14H;1-8,10H,9H2;1-5H. The summed E-state index contributed by atoms with van der Waals surface area (Å²) in [5.41, 5.74) is 9.77. The largest absolute Gasteiger partial charge is 0.292 e. The summed E-state index contributed by atoms with van der Waals surface area (Å²) in [6.07, 6.45) is 1.05. The third-order valence-electron chi connectivity index (χ3n) is 10.5. The van der Waals surface area contributed by atoms with Gasteiger partial charge in [-0.15, -0.1) is 20.4 Å². The maximum absolute atomic E-state index is 4.56. The summed E-state index contributed by atoms with van der Waals surface area (Å²) in [7, 11) is 0. The number of benzene rings is 8. The molecule has 0 spiro atoms. The molecule has 11 aromatic rings. The van der Waals surface area contributed by atoms with E-state index in [-0.39, 0.29) is 0 Å². The first-order valence-corrected chi connectivity index (χ1v) is 20.9. The summed E-state index contributed by atoms with van der Waals surface area (Å²) in [5, 5.41) is 26.7. The SMILES string of the molecule is Brc1cc2ccccc2nn1.Brc1ccc2c(c1)Cc1ccc3ccccc3c1-2.Brc1ccc2c3c4ccccc4ccc3n(-c3cc4ccccc4nn3)c2c1. The molecule has 5 nitrogen and oxygen atoms in total. The molecule has 8 aromatic carbocycles. The Morgan fingerprint density at radius 3 is 1.82 bits per heavy atom. The Morgan fingerprint density at radius 1 is 0.421 bits per heavy atom. The van der Waals surface area contributed by atoms with Crippen molar-refractivity contribution in [1.29, 1.82) is 0 Å². The van der Waals surface area contributed by atoms with E-state index >= 15 is 0 Å². The van der Waals surface area contributed by atoms with Crippen LogP contribution >= 0.6 is 47.8 Å². The van der Waals surface area contributed by atoms with Crippen LogP contribution in [-0.4, -0.2) is 25.0 Å². The molecule has 272 valence electrons. The number of halogens is 3. The molecular weight excluding hydrogens is 898 g/mol. The fourth-order valence-electron chi connectivity index (χ4n) is 7.99. The predicted molar refractivity (Wildman–Crippen MR) is 246 cm³/mol. The summed E-state index contributed by atoms with van der Waals surface area (Å²) >= 11 is 10.5. The minimum Gasteiger partial charge on any atom is -0.292 e. The van der Waals surface area contributed by atoms with Crippen molar-refractivity contribution in [3.63, 3.8) is 0 Å². The van der Waals surface area contributed by atoms with Gasteiger partial charge in [-0.25, -0.2) is 0 Å². The van der Waals surface area contributed by atoms with Crippen LogP contribution in [0.5, 0.6) is 0 Å². The normalized spacial score (nSPS) is 11.7. The van der Waals surface area contributed by atoms with Crippen LogP contribution in [-0.2, 0) is 6.42 Å². The molecular formula is C49H30Br3N5. The lowest BCUT2D eigenvalue weighted by Gasteiger charge is -2.08. The van der Waals surface area contributed by atoms with Crippen LogP contribution in [0.4, 0.5) is 0 Å². The van der Waals surface area contributed by atoms with Gasteiger partial charge in [0, 0.05) is 30.5 Å². The lowest BCUT2D eigenvalue weighted by molar-refractivity contribution is 0.981. The number of fused-ring (bicyclic) bond motifs is 12. The summed E-state index contributed by atoms with van der Waals surface area (Å²) in [6.45, 7) is 0. The number of rotatable bonds is 1. The van der Waals surface area contributed by atoms with Gasteiger partial charge in [0.15, 0.2) is 5.82 Å². The van der Waals surface area contributed by atoms with Gasteiger partial charge in [0.2, 0.25) is 0 Å². The second-order valence-electron chi connectivity index (χ2n) is 14.0. The Hall–Kier alpha value is -5.80. The van der Waals surface area contributed by atoms with Crippen molar-refractivity contribution in [2.24, 2.45) is 0 Å². The smallest absolute Gasteiger partial charge is 0.160 e. The van der Waals surface area contributed by atoms with Gasteiger partial charge < -0.3 is 0 Å². The zero-order chi connectivity index (χ0) is 38.5. The van der Waals surface area contributed by atoms with Crippen molar-refractivity contribution in [3.05, 3.63) is 195 Å². The van der Waals surface area contributed by atoms with E-state index in [2.05, 4.69) is 194 Å². The number of hydrogen-bond acceptors (Lipinski definition) is 4. The molecule has 0 fully saturated rings. The van der Waals surface area contributed by atoms with Crippen LogP contribution in [0.25, 0.3) is 82.1 Å². The molecule has 1 aliphatic rings. The monoisotopic (exact) mass is 925 g/mol. The Balaban J connectivity index is 0.000000116. The van der Waals surface area contributed by atoms with E-state index in [4.69, 9.17) is 0 Å². The molecule has 0 unspecified atom stereocenters. The van der Waals surface area contributed by atoms with Gasteiger partial charge in [-0.2, -0.15) is 0 Å². The summed E-state index contributed by atoms with van der Waals surface area (Å²) in [6, 6.07) is 59.1. The second kappa shape index (κ2) is 14.9. The van der Waals surface area contributed by atoms with Crippen molar-refractivity contribution >= 4 is 113 Å². The maximum Gasteiger partial charge on any atom is 0.160 e. The molecule has 0 saturated heterocycles. The van der Waals surface area contributed by atoms with E-state index in [0.717, 1.165) is 54.2 Å². The van der Waals surface area contributed by atoms with Crippen molar-refractivity contribution in [2.75, 3.05) is 0 Å². The van der Waals surface area contributed by atoms with Crippen LogP contribution in [0.15, 0.2) is 183 Å². The van der Waals surface area contributed by atoms with E-state index < -0.39 is 0 Å². The highest BCUT2D eigenvalue weighted by atomic mass is 79.9. The molecule has 0 atom stereocenters. The van der Waals surface area contributed by atoms with Gasteiger partial charge in [0.05, 0.1) is 22.1 Å². The van der Waals surface area contributed by atoms with Crippen molar-refractivity contribution < 1.29 is 0 Å². The average molecular weight is 929 g/mol. The summed E-state index contributed by atoms with van der Waals surface area (Å²) in [4.78, 5) is 0. The third kappa shape index (κ3) is 6.67. The number of aromatic nitrogens is 5. The number of hydrogen-bond donors (Lipinski definition) is 0. The van der Waals surface area contributed by atoms with Crippen LogP contribution in [0, 0.1) is 0 Å². The molecule has 0 amide bonds. The van der Waals surface area contributed by atoms with Gasteiger partial charge in [0.1, 0.15) is 4.60 Å². The van der Waals surface area contributed by atoms with E-state index in [9.17, 15) is 0 Å². The van der Waals surface area contributed by atoms with E-state index in [1.807, 2.05) is 48.5 Å². The Kier molecular flexibility index (Phi) is 9.33. The molecule has 8 heteroatoms. The third-order valence-corrected chi connectivity index (χ3v) is 11.9. The van der Waals surface area contributed by atoms with Crippen LogP contribution in [0.2, 0.25) is 0 Å². The molecule has 0 aliphatic heterocycles. The second-order valence-corrected chi connectivity index (χ2v) is 16.6. The fraction of sp³-hybridized carbons (Fsp3) is 0.0204. The Morgan fingerprint density at radius 2 is 1.04 bits per heavy atom. The maximum atomic E-state index is 4.56. The zero-order valence-corrected chi connectivity index (χ0v) is 35.0. The topological polar surface area (TPSA) is 56.5 Å². The molecule has 0 N–H and O–H groups in total. The van der Waals surface area contributed by atoms with E-state index in [0.29, 0.717) is 0 Å². The first-order chi connectivity index (χ1) is 28.0. The molecule has 57 heavy (non-hydrogen) atoms. The predicted octanol–water partition coefficient (Wildman–Crippen LogP) is 14.2. The highest BCUT2D eigenvalue weighted by molar-refractivity contribution is 9.11. The van der Waals surface area contributed by atoms with Gasteiger partial charge in [-0.3, -0.25) is 4.57 Å².